The topological polar surface area (TPSA) is 80.7 Å². The first-order valence-electron chi connectivity index (χ1n) is 4.72. The van der Waals surface area contributed by atoms with Gasteiger partial charge in [0, 0.05) is 16.2 Å². The smallest absolute Gasteiger partial charge is 0.335 e. The molecule has 17 heavy (non-hydrogen) atoms. The molecule has 0 bridgehead atoms. The summed E-state index contributed by atoms with van der Waals surface area (Å²) in [5, 5.41) is 8.87. The molecule has 7 heteroatoms. The Balaban J connectivity index is 3.54. The molecule has 1 aromatic carbocycles. The number of carboxylic acid groups (broad SMARTS) is 1. The number of hydrogen-bond donors (Lipinski definition) is 1. The van der Waals surface area contributed by atoms with E-state index in [4.69, 9.17) is 20.5 Å². The minimum absolute atomic E-state index is 0.182. The van der Waals surface area contributed by atoms with Crippen LogP contribution in [0.2, 0.25) is 0 Å². The Kier molecular flexibility index (Phi) is 4.00. The van der Waals surface area contributed by atoms with Crippen LogP contribution >= 0.6 is 10.7 Å². The lowest BCUT2D eigenvalue weighted by Crippen LogP contribution is -2.05. The monoisotopic (exact) mass is 278 g/mol. The van der Waals surface area contributed by atoms with E-state index in [-0.39, 0.29) is 16.2 Å². The van der Waals surface area contributed by atoms with Crippen molar-refractivity contribution in [3.05, 3.63) is 23.3 Å². The predicted molar refractivity (Wildman–Crippen MR) is 62.3 cm³/mol. The fraction of sp³-hybridized carbons (Fsp3) is 0.300. The molecule has 0 aliphatic heterocycles. The number of halogens is 1. The quantitative estimate of drug-likeness (QED) is 0.852. The van der Waals surface area contributed by atoms with E-state index in [2.05, 4.69) is 0 Å². The number of carbonyl (C=O) groups is 1. The number of hydrogen-bond acceptors (Lipinski definition) is 4. The van der Waals surface area contributed by atoms with Gasteiger partial charge < -0.3 is 9.84 Å². The summed E-state index contributed by atoms with van der Waals surface area (Å²) in [4.78, 5) is 10.6. The molecule has 0 spiro atoms. The third kappa shape index (κ3) is 3.10. The molecule has 5 nitrogen and oxygen atoms in total. The fourth-order valence-electron chi connectivity index (χ4n) is 1.34. The second-order valence-corrected chi connectivity index (χ2v) is 5.81. The van der Waals surface area contributed by atoms with Crippen LogP contribution in [0.25, 0.3) is 0 Å². The van der Waals surface area contributed by atoms with Crippen LogP contribution in [0.15, 0.2) is 17.0 Å². The fourth-order valence-corrected chi connectivity index (χ4v) is 2.56. The molecule has 0 unspecified atom stereocenters. The van der Waals surface area contributed by atoms with Gasteiger partial charge in [0.25, 0.3) is 9.05 Å². The van der Waals surface area contributed by atoms with E-state index >= 15 is 0 Å². The second-order valence-electron chi connectivity index (χ2n) is 3.27. The van der Waals surface area contributed by atoms with Crippen molar-refractivity contribution in [2.45, 2.75) is 18.7 Å². The predicted octanol–water partition coefficient (Wildman–Crippen LogP) is 2.02. The third-order valence-electron chi connectivity index (χ3n) is 2.12. The summed E-state index contributed by atoms with van der Waals surface area (Å²) in [7, 11) is 1.23. The zero-order valence-electron chi connectivity index (χ0n) is 9.23. The average Bonchev–Trinajstić information content (AvgIpc) is 2.19. The van der Waals surface area contributed by atoms with Crippen LogP contribution in [-0.2, 0) is 9.05 Å². The first-order valence-corrected chi connectivity index (χ1v) is 7.03. The van der Waals surface area contributed by atoms with Gasteiger partial charge in [-0.2, -0.15) is 0 Å². The van der Waals surface area contributed by atoms with Crippen molar-refractivity contribution in [1.82, 2.24) is 0 Å². The Bertz CT molecular complexity index is 550. The largest absolute Gasteiger partial charge is 0.494 e. The minimum atomic E-state index is -4.00. The highest BCUT2D eigenvalue weighted by atomic mass is 35.7. The first-order chi connectivity index (χ1) is 7.77. The van der Waals surface area contributed by atoms with Gasteiger partial charge in [-0.3, -0.25) is 0 Å². The van der Waals surface area contributed by atoms with Gasteiger partial charge in [0.05, 0.1) is 17.1 Å². The Labute approximate surface area is 103 Å². The normalized spacial score (nSPS) is 11.2. The van der Waals surface area contributed by atoms with Gasteiger partial charge in [-0.05, 0) is 26.0 Å². The van der Waals surface area contributed by atoms with E-state index in [9.17, 15) is 13.2 Å². The highest BCUT2D eigenvalue weighted by Gasteiger charge is 2.20. The van der Waals surface area contributed by atoms with Gasteiger partial charge in [-0.15, -0.1) is 0 Å². The maximum Gasteiger partial charge on any atom is 0.335 e. The van der Waals surface area contributed by atoms with Crippen molar-refractivity contribution >= 4 is 25.7 Å². The van der Waals surface area contributed by atoms with Crippen LogP contribution in [0, 0.1) is 6.92 Å². The van der Waals surface area contributed by atoms with E-state index in [0.29, 0.717) is 12.2 Å². The van der Waals surface area contributed by atoms with Crippen molar-refractivity contribution in [2.24, 2.45) is 0 Å². The van der Waals surface area contributed by atoms with Gasteiger partial charge >= 0.3 is 5.97 Å². The van der Waals surface area contributed by atoms with Crippen molar-refractivity contribution in [3.8, 4) is 5.75 Å². The summed E-state index contributed by atoms with van der Waals surface area (Å²) in [6.07, 6.45) is 0. The molecule has 94 valence electrons. The zero-order valence-corrected chi connectivity index (χ0v) is 10.8. The molecule has 0 amide bonds. The van der Waals surface area contributed by atoms with Crippen molar-refractivity contribution < 1.29 is 23.1 Å². The van der Waals surface area contributed by atoms with Crippen molar-refractivity contribution in [1.29, 1.82) is 0 Å². The molecule has 0 heterocycles. The van der Waals surface area contributed by atoms with Gasteiger partial charge in [-0.25, -0.2) is 13.2 Å². The molecule has 0 aromatic heterocycles. The minimum Gasteiger partial charge on any atom is -0.494 e. The first kappa shape index (κ1) is 13.8. The molecular weight excluding hydrogens is 268 g/mol. The zero-order chi connectivity index (χ0) is 13.2. The average molecular weight is 279 g/mol. The van der Waals surface area contributed by atoms with Crippen LogP contribution < -0.4 is 4.74 Å². The summed E-state index contributed by atoms with van der Waals surface area (Å²) < 4.78 is 27.8. The van der Waals surface area contributed by atoms with Crippen LogP contribution in [0.4, 0.5) is 0 Å². The number of benzene rings is 1. The highest BCUT2D eigenvalue weighted by Crippen LogP contribution is 2.29. The number of aromatic carboxylic acids is 1. The number of carboxylic acids is 1. The molecule has 0 atom stereocenters. The summed E-state index contributed by atoms with van der Waals surface area (Å²) in [5.41, 5.74) is 0.116. The molecule has 1 aromatic rings. The van der Waals surface area contributed by atoms with Crippen LogP contribution in [0.1, 0.15) is 22.8 Å². The summed E-state index contributed by atoms with van der Waals surface area (Å²) in [6, 6.07) is 2.29. The van der Waals surface area contributed by atoms with Crippen molar-refractivity contribution in [3.63, 3.8) is 0 Å². The Morgan fingerprint density at radius 2 is 2.06 bits per heavy atom. The van der Waals surface area contributed by atoms with E-state index in [1.165, 1.54) is 13.0 Å². The lowest BCUT2D eigenvalue weighted by Gasteiger charge is -2.11. The molecule has 0 saturated heterocycles. The van der Waals surface area contributed by atoms with Gasteiger partial charge in [-0.1, -0.05) is 0 Å². The standard InChI is InChI=1S/C10H11ClO5S/c1-3-16-8-4-7(10(12)13)5-9(6(8)2)17(11,14)15/h4-5H,3H2,1-2H3,(H,12,13). The maximum atomic E-state index is 11.3. The molecule has 0 saturated carbocycles. The molecule has 1 N–H and O–H groups in total. The third-order valence-corrected chi connectivity index (χ3v) is 3.57. The molecular formula is C10H11ClO5S. The summed E-state index contributed by atoms with van der Waals surface area (Å²) >= 11 is 0. The molecule has 0 radical (unpaired) electrons. The highest BCUT2D eigenvalue weighted by molar-refractivity contribution is 8.13. The van der Waals surface area contributed by atoms with E-state index in [0.717, 1.165) is 6.07 Å². The van der Waals surface area contributed by atoms with Gasteiger partial charge in [0.2, 0.25) is 0 Å². The van der Waals surface area contributed by atoms with Crippen LogP contribution in [0.3, 0.4) is 0 Å². The second kappa shape index (κ2) is 4.93. The molecule has 0 aliphatic carbocycles. The van der Waals surface area contributed by atoms with Crippen LogP contribution in [0.5, 0.6) is 5.75 Å². The summed E-state index contributed by atoms with van der Waals surface area (Å²) in [6.45, 7) is 3.51. The van der Waals surface area contributed by atoms with E-state index in [1.807, 2.05) is 0 Å². The summed E-state index contributed by atoms with van der Waals surface area (Å²) in [5.74, 6) is -1.04. The Morgan fingerprint density at radius 3 is 2.47 bits per heavy atom. The maximum absolute atomic E-state index is 11.3. The van der Waals surface area contributed by atoms with E-state index < -0.39 is 15.0 Å². The molecule has 1 rings (SSSR count). The molecule has 0 fully saturated rings. The SMILES string of the molecule is CCOc1cc(C(=O)O)cc(S(=O)(=O)Cl)c1C. The lowest BCUT2D eigenvalue weighted by atomic mass is 10.1. The van der Waals surface area contributed by atoms with Gasteiger partial charge in [0.1, 0.15) is 5.75 Å². The Morgan fingerprint density at radius 1 is 1.47 bits per heavy atom. The lowest BCUT2D eigenvalue weighted by molar-refractivity contribution is 0.0696. The van der Waals surface area contributed by atoms with Gasteiger partial charge in [0.15, 0.2) is 0 Å². The van der Waals surface area contributed by atoms with E-state index in [1.54, 1.807) is 6.92 Å². The molecule has 0 aliphatic rings. The van der Waals surface area contributed by atoms with Crippen molar-refractivity contribution in [2.75, 3.05) is 6.61 Å². The van der Waals surface area contributed by atoms with Crippen LogP contribution in [-0.4, -0.2) is 26.1 Å². The Hall–Kier alpha value is -1.27. The number of ether oxygens (including phenoxy) is 1. The number of rotatable bonds is 4.